The highest BCUT2D eigenvalue weighted by atomic mass is 16.6. The quantitative estimate of drug-likeness (QED) is 0.941. The molecule has 0 radical (unpaired) electrons. The monoisotopic (exact) mass is 305 g/mol. The molecule has 0 bridgehead atoms. The van der Waals surface area contributed by atoms with Gasteiger partial charge in [0.15, 0.2) is 11.4 Å². The number of ether oxygens (including phenoxy) is 2. The molecule has 0 aromatic carbocycles. The lowest BCUT2D eigenvalue weighted by Gasteiger charge is -2.33. The van der Waals surface area contributed by atoms with Gasteiger partial charge in [-0.1, -0.05) is 20.8 Å². The van der Waals surface area contributed by atoms with E-state index in [1.807, 2.05) is 29.7 Å². The highest BCUT2D eigenvalue weighted by Crippen LogP contribution is 2.38. The van der Waals surface area contributed by atoms with Crippen molar-refractivity contribution in [3.05, 3.63) is 30.4 Å². The Bertz CT molecular complexity index is 687. The van der Waals surface area contributed by atoms with Crippen molar-refractivity contribution in [2.45, 2.75) is 39.7 Å². The van der Waals surface area contributed by atoms with Gasteiger partial charge in [-0.05, 0) is 30.9 Å². The fraction of sp³-hybridized carbons (Fsp3) is 0.500. The van der Waals surface area contributed by atoms with Crippen molar-refractivity contribution in [3.63, 3.8) is 0 Å². The first-order chi connectivity index (χ1) is 10.2. The molecular weight excluding hydrogens is 282 g/mol. The third kappa shape index (κ3) is 3.16. The maximum Gasteiger partial charge on any atom is 0.405 e. The highest BCUT2D eigenvalue weighted by molar-refractivity contribution is 5.65. The van der Waals surface area contributed by atoms with Crippen LogP contribution in [-0.2, 0) is 10.3 Å². The molecule has 2 heterocycles. The molecule has 120 valence electrons. The number of hydrogen-bond donors (Lipinski definition) is 1. The summed E-state index contributed by atoms with van der Waals surface area (Å²) in [6.07, 6.45) is 3.34. The van der Waals surface area contributed by atoms with Crippen LogP contribution in [0.5, 0.6) is 5.75 Å². The van der Waals surface area contributed by atoms with E-state index in [9.17, 15) is 4.79 Å². The minimum atomic E-state index is -0.928. The molecule has 0 saturated heterocycles. The number of primary amides is 1. The molecular formula is C16H23N3O3. The second-order valence-electron chi connectivity index (χ2n) is 6.80. The van der Waals surface area contributed by atoms with Gasteiger partial charge in [0.25, 0.3) is 0 Å². The lowest BCUT2D eigenvalue weighted by Crippen LogP contribution is -2.37. The Kier molecular flexibility index (Phi) is 4.04. The summed E-state index contributed by atoms with van der Waals surface area (Å²) in [5.74, 6) is 1.33. The number of rotatable bonds is 4. The van der Waals surface area contributed by atoms with Crippen molar-refractivity contribution in [1.29, 1.82) is 0 Å². The molecule has 2 aromatic rings. The molecule has 0 aliphatic rings. The number of pyridine rings is 1. The van der Waals surface area contributed by atoms with E-state index in [1.165, 1.54) is 0 Å². The largest absolute Gasteiger partial charge is 0.494 e. The van der Waals surface area contributed by atoms with Crippen molar-refractivity contribution >= 4 is 11.6 Å². The van der Waals surface area contributed by atoms with E-state index in [0.717, 1.165) is 5.52 Å². The number of nitrogens with zero attached hydrogens (tertiary/aromatic N) is 2. The van der Waals surface area contributed by atoms with E-state index in [-0.39, 0.29) is 5.41 Å². The van der Waals surface area contributed by atoms with Gasteiger partial charge in [0.05, 0.1) is 13.3 Å². The number of carbonyl (C=O) groups is 1. The number of imidazole rings is 1. The van der Waals surface area contributed by atoms with Crippen molar-refractivity contribution in [2.75, 3.05) is 7.11 Å². The van der Waals surface area contributed by atoms with Crippen molar-refractivity contribution in [2.24, 2.45) is 11.1 Å². The Morgan fingerprint density at radius 2 is 2.05 bits per heavy atom. The van der Waals surface area contributed by atoms with Gasteiger partial charge in [-0.2, -0.15) is 0 Å². The second-order valence-corrected chi connectivity index (χ2v) is 6.80. The number of amides is 1. The summed E-state index contributed by atoms with van der Waals surface area (Å²) < 4.78 is 12.7. The fourth-order valence-corrected chi connectivity index (χ4v) is 2.95. The Morgan fingerprint density at radius 1 is 1.36 bits per heavy atom. The van der Waals surface area contributed by atoms with Crippen LogP contribution in [-0.4, -0.2) is 22.6 Å². The van der Waals surface area contributed by atoms with Gasteiger partial charge in [-0.25, -0.2) is 9.78 Å². The molecule has 1 unspecified atom stereocenters. The molecule has 6 nitrogen and oxygen atoms in total. The third-order valence-electron chi connectivity index (χ3n) is 3.42. The molecule has 2 rings (SSSR count). The Labute approximate surface area is 130 Å². The predicted molar refractivity (Wildman–Crippen MR) is 83.8 cm³/mol. The first kappa shape index (κ1) is 16.1. The summed E-state index contributed by atoms with van der Waals surface area (Å²) in [5, 5.41) is 0. The maximum absolute atomic E-state index is 11.4. The van der Waals surface area contributed by atoms with Gasteiger partial charge in [0.1, 0.15) is 11.3 Å². The van der Waals surface area contributed by atoms with Crippen LogP contribution in [0.25, 0.3) is 5.52 Å². The Morgan fingerprint density at radius 3 is 2.59 bits per heavy atom. The summed E-state index contributed by atoms with van der Waals surface area (Å²) in [7, 11) is 1.61. The third-order valence-corrected chi connectivity index (χ3v) is 3.42. The van der Waals surface area contributed by atoms with Crippen molar-refractivity contribution < 1.29 is 14.3 Å². The summed E-state index contributed by atoms with van der Waals surface area (Å²) in [5.41, 5.74) is 5.09. The summed E-state index contributed by atoms with van der Waals surface area (Å²) in [6, 6.07) is 3.72. The molecule has 0 aliphatic heterocycles. The van der Waals surface area contributed by atoms with Crippen LogP contribution >= 0.6 is 0 Å². The molecule has 22 heavy (non-hydrogen) atoms. The van der Waals surface area contributed by atoms with Gasteiger partial charge in [0.2, 0.25) is 0 Å². The SMILES string of the molecule is COc1cccn2c(C(C)(CC(C)(C)C)OC(N)=O)ncc12. The first-order valence-electron chi connectivity index (χ1n) is 7.15. The van der Waals surface area contributed by atoms with Gasteiger partial charge in [-0.15, -0.1) is 0 Å². The lowest BCUT2D eigenvalue weighted by molar-refractivity contribution is -0.0100. The fourth-order valence-electron chi connectivity index (χ4n) is 2.95. The van der Waals surface area contributed by atoms with E-state index in [1.54, 1.807) is 13.3 Å². The second kappa shape index (κ2) is 5.51. The van der Waals surface area contributed by atoms with Gasteiger partial charge >= 0.3 is 6.09 Å². The molecule has 0 spiro atoms. The summed E-state index contributed by atoms with van der Waals surface area (Å²) >= 11 is 0. The number of carbonyl (C=O) groups excluding carboxylic acids is 1. The number of hydrogen-bond acceptors (Lipinski definition) is 4. The van der Waals surface area contributed by atoms with Gasteiger partial charge < -0.3 is 15.2 Å². The minimum Gasteiger partial charge on any atom is -0.494 e. The molecule has 1 amide bonds. The normalized spacial score (nSPS) is 14.6. The number of nitrogens with two attached hydrogens (primary N) is 1. The van der Waals surface area contributed by atoms with Crippen LogP contribution < -0.4 is 10.5 Å². The van der Waals surface area contributed by atoms with Crippen molar-refractivity contribution in [3.8, 4) is 5.75 Å². The van der Waals surface area contributed by atoms with Gasteiger partial charge in [0, 0.05) is 6.20 Å². The Hall–Kier alpha value is -2.24. The number of methoxy groups -OCH3 is 1. The topological polar surface area (TPSA) is 78.9 Å². The average molecular weight is 305 g/mol. The zero-order valence-corrected chi connectivity index (χ0v) is 13.7. The standard InChI is InChI=1S/C16H23N3O3/c1-15(2,3)10-16(4,22-14(17)20)13-18-9-11-12(21-5)7-6-8-19(11)13/h6-9H,10H2,1-5H3,(H2,17,20). The van der Waals surface area contributed by atoms with Crippen LogP contribution in [0, 0.1) is 5.41 Å². The zero-order valence-electron chi connectivity index (χ0n) is 13.7. The molecule has 2 N–H and O–H groups in total. The Balaban J connectivity index is 2.59. The van der Waals surface area contributed by atoms with Gasteiger partial charge in [-0.3, -0.25) is 4.40 Å². The smallest absolute Gasteiger partial charge is 0.405 e. The molecule has 6 heteroatoms. The summed E-state index contributed by atoms with van der Waals surface area (Å²) in [4.78, 5) is 15.9. The van der Waals surface area contributed by atoms with Crippen LogP contribution in [0.1, 0.15) is 39.9 Å². The van der Waals surface area contributed by atoms with Crippen LogP contribution in [0.3, 0.4) is 0 Å². The van der Waals surface area contributed by atoms with E-state index >= 15 is 0 Å². The van der Waals surface area contributed by atoms with E-state index in [4.69, 9.17) is 15.2 Å². The van der Waals surface area contributed by atoms with Crippen molar-refractivity contribution in [1.82, 2.24) is 9.38 Å². The maximum atomic E-state index is 11.4. The van der Waals surface area contributed by atoms with E-state index < -0.39 is 11.7 Å². The first-order valence-corrected chi connectivity index (χ1v) is 7.15. The van der Waals surface area contributed by atoms with Crippen LogP contribution in [0.15, 0.2) is 24.5 Å². The number of fused-ring (bicyclic) bond motifs is 1. The molecule has 2 aromatic heterocycles. The van der Waals surface area contributed by atoms with E-state index in [2.05, 4.69) is 25.8 Å². The highest BCUT2D eigenvalue weighted by Gasteiger charge is 2.39. The molecule has 1 atom stereocenters. The minimum absolute atomic E-state index is 0.0745. The summed E-state index contributed by atoms with van der Waals surface area (Å²) in [6.45, 7) is 8.06. The number of aromatic nitrogens is 2. The molecule has 0 aliphatic carbocycles. The molecule has 0 saturated carbocycles. The van der Waals surface area contributed by atoms with Crippen LogP contribution in [0.4, 0.5) is 4.79 Å². The lowest BCUT2D eigenvalue weighted by atomic mass is 9.82. The predicted octanol–water partition coefficient (Wildman–Crippen LogP) is 3.09. The van der Waals surface area contributed by atoms with Crippen LogP contribution in [0.2, 0.25) is 0 Å². The zero-order chi connectivity index (χ0) is 16.5. The average Bonchev–Trinajstić information content (AvgIpc) is 2.79. The van der Waals surface area contributed by atoms with E-state index in [0.29, 0.717) is 18.0 Å². The molecule has 0 fully saturated rings.